The molecule has 1 aromatic carbocycles. The number of amides is 1. The van der Waals surface area contributed by atoms with E-state index in [1.54, 1.807) is 19.1 Å². The smallest absolute Gasteiger partial charge is 0.240 e. The number of hydrogen-bond donors (Lipinski definition) is 1. The van der Waals surface area contributed by atoms with Crippen LogP contribution in [0.3, 0.4) is 0 Å². The maximum Gasteiger partial charge on any atom is 0.240 e. The quantitative estimate of drug-likeness (QED) is 0.858. The van der Waals surface area contributed by atoms with Crippen LogP contribution in [0, 0.1) is 5.41 Å². The number of methoxy groups -OCH3 is 1. The zero-order chi connectivity index (χ0) is 15.5. The van der Waals surface area contributed by atoms with E-state index in [1.807, 2.05) is 24.3 Å². The molecule has 0 bridgehead atoms. The normalized spacial score (nSPS) is 17.0. The van der Waals surface area contributed by atoms with Crippen LogP contribution in [-0.4, -0.2) is 38.3 Å². The van der Waals surface area contributed by atoms with Gasteiger partial charge in [-0.3, -0.25) is 4.79 Å². The minimum atomic E-state index is -0.830. The van der Waals surface area contributed by atoms with Gasteiger partial charge < -0.3 is 20.1 Å². The number of thiocarbonyl (C=S) groups is 1. The first-order valence-electron chi connectivity index (χ1n) is 6.82. The number of nitrogens with two attached hydrogens (primary N) is 1. The second kappa shape index (κ2) is 6.41. The molecule has 2 rings (SSSR count). The van der Waals surface area contributed by atoms with Crippen molar-refractivity contribution in [1.82, 2.24) is 0 Å². The van der Waals surface area contributed by atoms with Crippen LogP contribution < -0.4 is 15.4 Å². The van der Waals surface area contributed by atoms with E-state index in [-0.39, 0.29) is 10.9 Å². The van der Waals surface area contributed by atoms with Crippen molar-refractivity contribution in [2.75, 3.05) is 32.3 Å². The number of nitrogens with zero attached hydrogens (tertiary/aromatic N) is 1. The van der Waals surface area contributed by atoms with E-state index in [9.17, 15) is 4.79 Å². The second-order valence-electron chi connectivity index (χ2n) is 5.09. The maximum absolute atomic E-state index is 13.0. The van der Waals surface area contributed by atoms with Crippen LogP contribution in [0.1, 0.15) is 12.8 Å². The number of ether oxygens (including phenoxy) is 2. The molecule has 0 aromatic heterocycles. The van der Waals surface area contributed by atoms with Crippen molar-refractivity contribution in [3.05, 3.63) is 24.3 Å². The highest BCUT2D eigenvalue weighted by Gasteiger charge is 2.45. The third-order valence-electron chi connectivity index (χ3n) is 3.98. The highest BCUT2D eigenvalue weighted by atomic mass is 32.1. The van der Waals surface area contributed by atoms with Gasteiger partial charge in [-0.1, -0.05) is 24.4 Å². The summed E-state index contributed by atoms with van der Waals surface area (Å²) < 4.78 is 10.7. The fourth-order valence-corrected chi connectivity index (χ4v) is 2.91. The lowest BCUT2D eigenvalue weighted by Gasteiger charge is -2.37. The molecule has 21 heavy (non-hydrogen) atoms. The Balaban J connectivity index is 2.34. The molecule has 1 amide bonds. The van der Waals surface area contributed by atoms with E-state index in [4.69, 9.17) is 27.4 Å². The Morgan fingerprint density at radius 2 is 2.00 bits per heavy atom. The average molecular weight is 308 g/mol. The molecule has 0 unspecified atom stereocenters. The van der Waals surface area contributed by atoms with Gasteiger partial charge in [-0.25, -0.2) is 0 Å². The topological polar surface area (TPSA) is 64.8 Å². The third kappa shape index (κ3) is 2.87. The number of para-hydroxylation sites is 2. The third-order valence-corrected chi connectivity index (χ3v) is 4.37. The Labute approximate surface area is 130 Å². The van der Waals surface area contributed by atoms with Crippen LogP contribution in [-0.2, 0) is 9.53 Å². The summed E-state index contributed by atoms with van der Waals surface area (Å²) in [5.41, 5.74) is 5.76. The molecule has 6 heteroatoms. The summed E-state index contributed by atoms with van der Waals surface area (Å²) in [4.78, 5) is 14.8. The van der Waals surface area contributed by atoms with E-state index in [0.29, 0.717) is 37.5 Å². The van der Waals surface area contributed by atoms with Crippen LogP contribution in [0.15, 0.2) is 24.3 Å². The van der Waals surface area contributed by atoms with Gasteiger partial charge in [0.15, 0.2) is 0 Å². The molecule has 1 aliphatic heterocycles. The van der Waals surface area contributed by atoms with E-state index >= 15 is 0 Å². The first-order chi connectivity index (χ1) is 10.0. The Bertz CT molecular complexity index is 541. The summed E-state index contributed by atoms with van der Waals surface area (Å²) in [5.74, 6) is 0.529. The van der Waals surface area contributed by atoms with Crippen LogP contribution in [0.5, 0.6) is 5.75 Å². The molecule has 0 aliphatic carbocycles. The summed E-state index contributed by atoms with van der Waals surface area (Å²) in [6.07, 6.45) is 1.03. The maximum atomic E-state index is 13.0. The lowest BCUT2D eigenvalue weighted by atomic mass is 9.78. The Kier molecular flexibility index (Phi) is 4.80. The highest BCUT2D eigenvalue weighted by Crippen LogP contribution is 2.36. The Hall–Kier alpha value is -1.66. The average Bonchev–Trinajstić information content (AvgIpc) is 2.53. The van der Waals surface area contributed by atoms with Crippen molar-refractivity contribution in [2.45, 2.75) is 12.8 Å². The van der Waals surface area contributed by atoms with Gasteiger partial charge in [0.05, 0.1) is 17.8 Å². The predicted molar refractivity (Wildman–Crippen MR) is 85.7 cm³/mol. The van der Waals surface area contributed by atoms with Gasteiger partial charge in [-0.05, 0) is 25.0 Å². The molecule has 1 aromatic rings. The molecule has 0 atom stereocenters. The van der Waals surface area contributed by atoms with Crippen LogP contribution in [0.2, 0.25) is 0 Å². The number of rotatable bonds is 4. The van der Waals surface area contributed by atoms with Gasteiger partial charge in [-0.2, -0.15) is 0 Å². The number of carbonyl (C=O) groups is 1. The second-order valence-corrected chi connectivity index (χ2v) is 5.53. The zero-order valence-electron chi connectivity index (χ0n) is 12.3. The van der Waals surface area contributed by atoms with Crippen molar-refractivity contribution >= 4 is 28.8 Å². The fraction of sp³-hybridized carbons (Fsp3) is 0.467. The van der Waals surface area contributed by atoms with Crippen molar-refractivity contribution < 1.29 is 14.3 Å². The SMILES string of the molecule is COc1ccccc1N(C)C(=O)C1(C(N)=S)CCOCC1. The van der Waals surface area contributed by atoms with Gasteiger partial charge in [0.2, 0.25) is 5.91 Å². The van der Waals surface area contributed by atoms with E-state index in [1.165, 1.54) is 0 Å². The molecule has 0 radical (unpaired) electrons. The molecule has 5 nitrogen and oxygen atoms in total. The molecular weight excluding hydrogens is 288 g/mol. The van der Waals surface area contributed by atoms with Crippen LogP contribution in [0.4, 0.5) is 5.69 Å². The van der Waals surface area contributed by atoms with Gasteiger partial charge in [0.1, 0.15) is 11.2 Å². The predicted octanol–water partition coefficient (Wildman–Crippen LogP) is 1.74. The minimum absolute atomic E-state index is 0.109. The van der Waals surface area contributed by atoms with Gasteiger partial charge >= 0.3 is 0 Å². The van der Waals surface area contributed by atoms with Crippen molar-refractivity contribution in [3.8, 4) is 5.75 Å². The molecule has 1 aliphatic rings. The zero-order valence-corrected chi connectivity index (χ0v) is 13.1. The largest absolute Gasteiger partial charge is 0.495 e. The van der Waals surface area contributed by atoms with Gasteiger partial charge in [0.25, 0.3) is 0 Å². The molecule has 1 fully saturated rings. The first-order valence-corrected chi connectivity index (χ1v) is 7.22. The summed E-state index contributed by atoms with van der Waals surface area (Å²) in [6, 6.07) is 7.37. The summed E-state index contributed by atoms with van der Waals surface area (Å²) >= 11 is 5.18. The lowest BCUT2D eigenvalue weighted by Crippen LogP contribution is -2.52. The van der Waals surface area contributed by atoms with Crippen LogP contribution in [0.25, 0.3) is 0 Å². The molecule has 0 saturated carbocycles. The highest BCUT2D eigenvalue weighted by molar-refractivity contribution is 7.80. The standard InChI is InChI=1S/C15H20N2O3S/c1-17(11-5-3-4-6-12(11)19-2)14(18)15(13(16)21)7-9-20-10-8-15/h3-6H,7-10H2,1-2H3,(H2,16,21). The summed E-state index contributed by atoms with van der Waals surface area (Å²) in [7, 11) is 3.30. The van der Waals surface area contributed by atoms with Crippen molar-refractivity contribution in [1.29, 1.82) is 0 Å². The molecule has 1 saturated heterocycles. The van der Waals surface area contributed by atoms with E-state index in [2.05, 4.69) is 0 Å². The monoisotopic (exact) mass is 308 g/mol. The van der Waals surface area contributed by atoms with E-state index in [0.717, 1.165) is 0 Å². The summed E-state index contributed by atoms with van der Waals surface area (Å²) in [6.45, 7) is 0.978. The lowest BCUT2D eigenvalue weighted by molar-refractivity contribution is -0.128. The molecule has 114 valence electrons. The molecular formula is C15H20N2O3S. The first kappa shape index (κ1) is 15.7. The summed E-state index contributed by atoms with van der Waals surface area (Å²) in [5, 5.41) is 0. The van der Waals surface area contributed by atoms with Gasteiger partial charge in [0, 0.05) is 20.3 Å². The number of carbonyl (C=O) groups excluding carboxylic acids is 1. The molecule has 2 N–H and O–H groups in total. The minimum Gasteiger partial charge on any atom is -0.495 e. The van der Waals surface area contributed by atoms with Crippen molar-refractivity contribution in [2.24, 2.45) is 11.1 Å². The van der Waals surface area contributed by atoms with Gasteiger partial charge in [-0.15, -0.1) is 0 Å². The Morgan fingerprint density at radius 3 is 2.57 bits per heavy atom. The fourth-order valence-electron chi connectivity index (χ4n) is 2.62. The molecule has 1 heterocycles. The van der Waals surface area contributed by atoms with Crippen LogP contribution >= 0.6 is 12.2 Å². The van der Waals surface area contributed by atoms with E-state index < -0.39 is 5.41 Å². The molecule has 0 spiro atoms. The number of anilines is 1. The van der Waals surface area contributed by atoms with Crippen molar-refractivity contribution in [3.63, 3.8) is 0 Å². The Morgan fingerprint density at radius 1 is 1.38 bits per heavy atom. The number of benzene rings is 1. The number of hydrogen-bond acceptors (Lipinski definition) is 4.